The Labute approximate surface area is 123 Å². The van der Waals surface area contributed by atoms with Crippen molar-refractivity contribution in [2.45, 2.75) is 52.0 Å². The van der Waals surface area contributed by atoms with Crippen LogP contribution < -0.4 is 5.32 Å². The van der Waals surface area contributed by atoms with Crippen LogP contribution in [0.2, 0.25) is 5.02 Å². The summed E-state index contributed by atoms with van der Waals surface area (Å²) < 4.78 is 25.4. The number of hydrogen-bond donors (Lipinski definition) is 1. The largest absolute Gasteiger partial charge is 0.366 e. The third-order valence-electron chi connectivity index (χ3n) is 4.22. The minimum absolute atomic E-state index is 0.121. The fourth-order valence-corrected chi connectivity index (χ4v) is 2.90. The van der Waals surface area contributed by atoms with E-state index in [1.165, 1.54) is 6.33 Å². The van der Waals surface area contributed by atoms with Crippen LogP contribution in [-0.2, 0) is 0 Å². The molecule has 3 nitrogen and oxygen atoms in total. The highest BCUT2D eigenvalue weighted by molar-refractivity contribution is 6.33. The van der Waals surface area contributed by atoms with Crippen molar-refractivity contribution >= 4 is 17.4 Å². The highest BCUT2D eigenvalue weighted by atomic mass is 35.5. The van der Waals surface area contributed by atoms with Gasteiger partial charge in [-0.15, -0.1) is 0 Å². The minimum atomic E-state index is -2.22. The number of aryl methyl sites for hydroxylation is 1. The number of nitrogens with zero attached hydrogens (tertiary/aromatic N) is 2. The summed E-state index contributed by atoms with van der Waals surface area (Å²) in [6, 6.07) is 0.253. The van der Waals surface area contributed by atoms with Gasteiger partial charge in [0.1, 0.15) is 17.2 Å². The van der Waals surface area contributed by atoms with Crippen LogP contribution in [0.1, 0.15) is 38.3 Å². The smallest absolute Gasteiger partial charge is 0.241 e. The first-order valence-corrected chi connectivity index (χ1v) is 7.38. The molecule has 1 atom stereocenters. The third-order valence-corrected chi connectivity index (χ3v) is 4.67. The van der Waals surface area contributed by atoms with Gasteiger partial charge >= 0.3 is 0 Å². The number of alkyl halides is 2. The lowest BCUT2D eigenvalue weighted by Gasteiger charge is -2.32. The van der Waals surface area contributed by atoms with Gasteiger partial charge in [0.15, 0.2) is 0 Å². The van der Waals surface area contributed by atoms with Gasteiger partial charge in [0.05, 0.1) is 5.69 Å². The topological polar surface area (TPSA) is 37.8 Å². The fraction of sp³-hybridized carbons (Fsp3) is 0.714. The second-order valence-corrected chi connectivity index (χ2v) is 5.95. The van der Waals surface area contributed by atoms with Gasteiger partial charge in [-0.25, -0.2) is 18.7 Å². The summed E-state index contributed by atoms with van der Waals surface area (Å²) in [7, 11) is 0. The number of nitrogens with one attached hydrogen (secondary N) is 1. The van der Waals surface area contributed by atoms with E-state index in [-0.39, 0.29) is 12.0 Å². The zero-order valence-corrected chi connectivity index (χ0v) is 12.5. The molecule has 112 valence electrons. The molecule has 1 N–H and O–H groups in total. The number of anilines is 1. The highest BCUT2D eigenvalue weighted by Crippen LogP contribution is 2.34. The Morgan fingerprint density at radius 3 is 2.50 bits per heavy atom. The summed E-state index contributed by atoms with van der Waals surface area (Å²) in [6.45, 7) is 3.48. The summed E-state index contributed by atoms with van der Waals surface area (Å²) >= 11 is 6.15. The molecule has 1 aromatic heterocycles. The van der Waals surface area contributed by atoms with Crippen LogP contribution >= 0.6 is 11.6 Å². The van der Waals surface area contributed by atoms with Crippen LogP contribution in [0.25, 0.3) is 0 Å². The zero-order chi connectivity index (χ0) is 14.7. The maximum atomic E-state index is 12.7. The molecule has 0 radical (unpaired) electrons. The number of halogens is 3. The molecule has 1 unspecified atom stereocenters. The van der Waals surface area contributed by atoms with Gasteiger partial charge in [0, 0.05) is 12.0 Å². The van der Waals surface area contributed by atoms with Crippen molar-refractivity contribution in [2.75, 3.05) is 5.32 Å². The molecule has 0 bridgehead atoms. The standard InChI is InChI=1S/C14H20ClF2N3/c1-8(13(16)17)10-3-5-11(6-4-10)20-14-12(15)9(2)18-7-19-14/h7-8,10-11,13H,3-6H2,1-2H3,(H,18,19,20). The molecule has 0 aliphatic heterocycles. The molecule has 0 amide bonds. The van der Waals surface area contributed by atoms with E-state index in [4.69, 9.17) is 11.6 Å². The van der Waals surface area contributed by atoms with Crippen molar-refractivity contribution in [3.8, 4) is 0 Å². The molecule has 1 heterocycles. The van der Waals surface area contributed by atoms with Gasteiger partial charge in [-0.3, -0.25) is 0 Å². The fourth-order valence-electron chi connectivity index (χ4n) is 2.75. The van der Waals surface area contributed by atoms with E-state index >= 15 is 0 Å². The lowest BCUT2D eigenvalue weighted by atomic mass is 9.79. The Morgan fingerprint density at radius 1 is 1.25 bits per heavy atom. The predicted octanol–water partition coefficient (Wildman–Crippen LogP) is 4.31. The van der Waals surface area contributed by atoms with Gasteiger partial charge in [0.2, 0.25) is 6.43 Å². The second kappa shape index (κ2) is 6.66. The average molecular weight is 304 g/mol. The molecule has 20 heavy (non-hydrogen) atoms. The van der Waals surface area contributed by atoms with Gasteiger partial charge in [-0.05, 0) is 38.5 Å². The van der Waals surface area contributed by atoms with E-state index in [0.29, 0.717) is 10.8 Å². The van der Waals surface area contributed by atoms with Crippen LogP contribution in [0.3, 0.4) is 0 Å². The van der Waals surface area contributed by atoms with Crippen molar-refractivity contribution in [3.63, 3.8) is 0 Å². The Kier molecular flexibility index (Phi) is 5.13. The third kappa shape index (κ3) is 3.57. The summed E-state index contributed by atoms with van der Waals surface area (Å²) in [5.74, 6) is 0.251. The van der Waals surface area contributed by atoms with Gasteiger partial charge < -0.3 is 5.32 Å². The molecule has 1 aliphatic carbocycles. The Bertz CT molecular complexity index is 448. The average Bonchev–Trinajstić information content (AvgIpc) is 2.44. The van der Waals surface area contributed by atoms with Gasteiger partial charge in [0.25, 0.3) is 0 Å². The maximum absolute atomic E-state index is 12.7. The molecule has 1 aliphatic rings. The Hall–Kier alpha value is -0.970. The normalized spacial score (nSPS) is 24.7. The van der Waals surface area contributed by atoms with Gasteiger partial charge in [-0.2, -0.15) is 0 Å². The molecule has 1 aromatic rings. The van der Waals surface area contributed by atoms with Crippen molar-refractivity contribution in [2.24, 2.45) is 11.8 Å². The van der Waals surface area contributed by atoms with E-state index in [9.17, 15) is 8.78 Å². The first kappa shape index (κ1) is 15.4. The predicted molar refractivity (Wildman–Crippen MR) is 76.3 cm³/mol. The zero-order valence-electron chi connectivity index (χ0n) is 11.7. The Morgan fingerprint density at radius 2 is 1.90 bits per heavy atom. The quantitative estimate of drug-likeness (QED) is 0.900. The van der Waals surface area contributed by atoms with E-state index in [1.54, 1.807) is 6.92 Å². The summed E-state index contributed by atoms with van der Waals surface area (Å²) in [4.78, 5) is 8.16. The van der Waals surface area contributed by atoms with Crippen LogP contribution in [0, 0.1) is 18.8 Å². The summed E-state index contributed by atoms with van der Waals surface area (Å²) in [5.41, 5.74) is 0.740. The van der Waals surface area contributed by atoms with Crippen LogP contribution in [0.5, 0.6) is 0 Å². The number of aromatic nitrogens is 2. The molecular formula is C14H20ClF2N3. The molecule has 6 heteroatoms. The molecule has 2 rings (SSSR count). The van der Waals surface area contributed by atoms with Crippen molar-refractivity contribution in [3.05, 3.63) is 17.0 Å². The van der Waals surface area contributed by atoms with E-state index in [1.807, 2.05) is 6.92 Å². The molecular weight excluding hydrogens is 284 g/mol. The van der Waals surface area contributed by atoms with Crippen molar-refractivity contribution in [1.82, 2.24) is 9.97 Å². The van der Waals surface area contributed by atoms with E-state index in [0.717, 1.165) is 31.4 Å². The first-order valence-electron chi connectivity index (χ1n) is 7.00. The molecule has 1 fully saturated rings. The van der Waals surface area contributed by atoms with Crippen LogP contribution in [0.4, 0.5) is 14.6 Å². The number of rotatable bonds is 4. The van der Waals surface area contributed by atoms with Crippen molar-refractivity contribution in [1.29, 1.82) is 0 Å². The van der Waals surface area contributed by atoms with Crippen LogP contribution in [-0.4, -0.2) is 22.4 Å². The van der Waals surface area contributed by atoms with Gasteiger partial charge in [-0.1, -0.05) is 18.5 Å². The van der Waals surface area contributed by atoms with Crippen molar-refractivity contribution < 1.29 is 8.78 Å². The summed E-state index contributed by atoms with van der Waals surface area (Å²) in [5, 5.41) is 3.85. The first-order chi connectivity index (χ1) is 9.49. The lowest BCUT2D eigenvalue weighted by molar-refractivity contribution is 0.0410. The van der Waals surface area contributed by atoms with Crippen LogP contribution in [0.15, 0.2) is 6.33 Å². The van der Waals surface area contributed by atoms with E-state index < -0.39 is 12.3 Å². The highest BCUT2D eigenvalue weighted by Gasteiger charge is 2.30. The molecule has 0 spiro atoms. The second-order valence-electron chi connectivity index (χ2n) is 5.57. The minimum Gasteiger partial charge on any atom is -0.366 e. The monoisotopic (exact) mass is 303 g/mol. The molecule has 1 saturated carbocycles. The maximum Gasteiger partial charge on any atom is 0.241 e. The lowest BCUT2D eigenvalue weighted by Crippen LogP contribution is -2.30. The number of hydrogen-bond acceptors (Lipinski definition) is 3. The SMILES string of the molecule is Cc1ncnc(NC2CCC(C(C)C(F)F)CC2)c1Cl. The molecule has 0 aromatic carbocycles. The summed E-state index contributed by atoms with van der Waals surface area (Å²) in [6.07, 6.45) is 2.66. The Balaban J connectivity index is 1.90. The molecule has 0 saturated heterocycles. The van der Waals surface area contributed by atoms with E-state index in [2.05, 4.69) is 15.3 Å².